The van der Waals surface area contributed by atoms with Crippen molar-refractivity contribution in [3.8, 4) is 0 Å². The van der Waals surface area contributed by atoms with E-state index < -0.39 is 16.8 Å². The quantitative estimate of drug-likeness (QED) is 0.370. The maximum Gasteiger partial charge on any atom is 0.338 e. The lowest BCUT2D eigenvalue weighted by molar-refractivity contribution is 0.0474. The third kappa shape index (κ3) is 6.01. The molecule has 2 aromatic carbocycles. The fraction of sp³-hybridized carbons (Fsp3) is 0.280. The molecule has 0 radical (unpaired) electrons. The van der Waals surface area contributed by atoms with Gasteiger partial charge in [-0.25, -0.2) is 4.79 Å². The van der Waals surface area contributed by atoms with Crippen LogP contribution in [0.4, 0.5) is 0 Å². The van der Waals surface area contributed by atoms with Crippen molar-refractivity contribution in [2.45, 2.75) is 32.6 Å². The van der Waals surface area contributed by atoms with Gasteiger partial charge in [0, 0.05) is 46.3 Å². The van der Waals surface area contributed by atoms with Gasteiger partial charge in [-0.3, -0.25) is 9.00 Å². The summed E-state index contributed by atoms with van der Waals surface area (Å²) in [5.74, 6) is -0.414. The highest BCUT2D eigenvalue weighted by Crippen LogP contribution is 2.17. The van der Waals surface area contributed by atoms with E-state index in [1.807, 2.05) is 44.2 Å². The average molecular weight is 438 g/mol. The summed E-state index contributed by atoms with van der Waals surface area (Å²) in [6.07, 6.45) is 2.48. The molecule has 0 amide bonds. The van der Waals surface area contributed by atoms with Crippen LogP contribution in [-0.4, -0.2) is 33.4 Å². The summed E-state index contributed by atoms with van der Waals surface area (Å²) in [5.41, 5.74) is 4.84. The van der Waals surface area contributed by atoms with E-state index in [0.29, 0.717) is 16.9 Å². The van der Waals surface area contributed by atoms with Crippen molar-refractivity contribution >= 4 is 22.6 Å². The predicted molar refractivity (Wildman–Crippen MR) is 123 cm³/mol. The van der Waals surface area contributed by atoms with Crippen molar-refractivity contribution < 1.29 is 18.5 Å². The number of Topliss-reactive ketones (excluding diaryl/α,β-unsaturated/α-hetero) is 1. The highest BCUT2D eigenvalue weighted by molar-refractivity contribution is 7.83. The maximum absolute atomic E-state index is 12.7. The van der Waals surface area contributed by atoms with Gasteiger partial charge in [0.25, 0.3) is 0 Å². The molecule has 0 saturated carbocycles. The summed E-state index contributed by atoms with van der Waals surface area (Å²) in [4.78, 5) is 25.1. The Balaban J connectivity index is 1.63. The van der Waals surface area contributed by atoms with E-state index in [1.165, 1.54) is 5.56 Å². The Kier molecular flexibility index (Phi) is 7.58. The van der Waals surface area contributed by atoms with Gasteiger partial charge in [0.15, 0.2) is 6.61 Å². The number of esters is 1. The van der Waals surface area contributed by atoms with Crippen LogP contribution in [0.3, 0.4) is 0 Å². The summed E-state index contributed by atoms with van der Waals surface area (Å²) < 4.78 is 18.8. The largest absolute Gasteiger partial charge is 0.454 e. The van der Waals surface area contributed by atoms with Gasteiger partial charge in [-0.15, -0.1) is 0 Å². The zero-order valence-corrected chi connectivity index (χ0v) is 18.9. The molecule has 0 saturated heterocycles. The number of carbonyl (C=O) groups is 2. The Labute approximate surface area is 185 Å². The number of aryl methyl sites for hydroxylation is 2. The van der Waals surface area contributed by atoms with E-state index in [1.54, 1.807) is 24.5 Å². The van der Waals surface area contributed by atoms with Gasteiger partial charge in [0.2, 0.25) is 5.78 Å². The van der Waals surface area contributed by atoms with Crippen molar-refractivity contribution in [1.82, 2.24) is 4.57 Å². The second-order valence-electron chi connectivity index (χ2n) is 7.59. The third-order valence-electron chi connectivity index (χ3n) is 5.21. The van der Waals surface area contributed by atoms with Crippen LogP contribution < -0.4 is 0 Å². The van der Waals surface area contributed by atoms with Gasteiger partial charge >= 0.3 is 5.97 Å². The van der Waals surface area contributed by atoms with Gasteiger partial charge in [-0.1, -0.05) is 42.5 Å². The van der Waals surface area contributed by atoms with Crippen LogP contribution in [0.15, 0.2) is 60.7 Å². The van der Waals surface area contributed by atoms with E-state index in [9.17, 15) is 13.8 Å². The minimum absolute atomic E-state index is 0.224. The van der Waals surface area contributed by atoms with E-state index in [4.69, 9.17) is 4.74 Å². The van der Waals surface area contributed by atoms with Gasteiger partial charge < -0.3 is 9.30 Å². The molecule has 3 aromatic rings. The standard InChI is InChI=1S/C25H27NO4S/c1-18-14-23(19(2)26(18)13-12-20-8-5-4-6-9-20)24(27)16-30-25(28)22-11-7-10-21(15-22)17-31(3)29/h4-11,14-15H,12-13,16-17H2,1-3H3. The molecule has 1 aromatic heterocycles. The van der Waals surface area contributed by atoms with Gasteiger partial charge in [0.05, 0.1) is 5.56 Å². The van der Waals surface area contributed by atoms with Crippen molar-refractivity contribution in [1.29, 1.82) is 0 Å². The van der Waals surface area contributed by atoms with Crippen LogP contribution in [-0.2, 0) is 34.3 Å². The molecule has 162 valence electrons. The molecule has 0 bridgehead atoms. The maximum atomic E-state index is 12.7. The van der Waals surface area contributed by atoms with E-state index in [2.05, 4.69) is 16.7 Å². The zero-order chi connectivity index (χ0) is 22.4. The molecule has 1 unspecified atom stereocenters. The lowest BCUT2D eigenvalue weighted by Gasteiger charge is -2.10. The number of hydrogen-bond acceptors (Lipinski definition) is 4. The van der Waals surface area contributed by atoms with E-state index in [-0.39, 0.29) is 12.4 Å². The number of carbonyl (C=O) groups excluding carboxylic acids is 2. The minimum Gasteiger partial charge on any atom is -0.454 e. The molecule has 0 spiro atoms. The first kappa shape index (κ1) is 22.7. The second kappa shape index (κ2) is 10.4. The first-order valence-corrected chi connectivity index (χ1v) is 11.9. The summed E-state index contributed by atoms with van der Waals surface area (Å²) in [6.45, 7) is 4.36. The van der Waals surface area contributed by atoms with Crippen molar-refractivity contribution in [3.05, 3.63) is 94.3 Å². The van der Waals surface area contributed by atoms with Gasteiger partial charge in [0.1, 0.15) is 0 Å². The van der Waals surface area contributed by atoms with Crippen LogP contribution >= 0.6 is 0 Å². The van der Waals surface area contributed by atoms with Crippen molar-refractivity contribution in [3.63, 3.8) is 0 Å². The van der Waals surface area contributed by atoms with Crippen LogP contribution in [0.25, 0.3) is 0 Å². The SMILES string of the molecule is Cc1cc(C(=O)COC(=O)c2cccc(CS(C)=O)c2)c(C)n1CCc1ccccc1. The smallest absolute Gasteiger partial charge is 0.338 e. The van der Waals surface area contributed by atoms with Crippen LogP contribution in [0.5, 0.6) is 0 Å². The van der Waals surface area contributed by atoms with Crippen molar-refractivity contribution in [2.24, 2.45) is 0 Å². The van der Waals surface area contributed by atoms with Gasteiger partial charge in [-0.2, -0.15) is 0 Å². The lowest BCUT2D eigenvalue weighted by Crippen LogP contribution is -2.15. The molecule has 3 rings (SSSR count). The summed E-state index contributed by atoms with van der Waals surface area (Å²) >= 11 is 0. The number of rotatable bonds is 9. The highest BCUT2D eigenvalue weighted by atomic mass is 32.2. The van der Waals surface area contributed by atoms with E-state index in [0.717, 1.165) is 29.9 Å². The molecular weight excluding hydrogens is 410 g/mol. The second-order valence-corrected chi connectivity index (χ2v) is 9.02. The molecule has 0 fully saturated rings. The molecule has 31 heavy (non-hydrogen) atoms. The molecule has 0 aliphatic heterocycles. The molecule has 1 heterocycles. The topological polar surface area (TPSA) is 65.4 Å². The lowest BCUT2D eigenvalue weighted by atomic mass is 10.1. The Bertz CT molecular complexity index is 1100. The highest BCUT2D eigenvalue weighted by Gasteiger charge is 2.18. The Morgan fingerprint density at radius 1 is 0.968 bits per heavy atom. The summed E-state index contributed by atoms with van der Waals surface area (Å²) in [6, 6.07) is 18.9. The first-order chi connectivity index (χ1) is 14.8. The number of ether oxygens (including phenoxy) is 1. The molecule has 1 atom stereocenters. The van der Waals surface area contributed by atoms with Gasteiger partial charge in [-0.05, 0) is 49.6 Å². The summed E-state index contributed by atoms with van der Waals surface area (Å²) in [5, 5.41) is 0. The fourth-order valence-corrected chi connectivity index (χ4v) is 4.28. The predicted octanol–water partition coefficient (Wildman–Crippen LogP) is 4.27. The fourth-order valence-electron chi connectivity index (χ4n) is 3.63. The molecule has 6 heteroatoms. The normalized spacial score (nSPS) is 11.8. The Morgan fingerprint density at radius 3 is 2.39 bits per heavy atom. The van der Waals surface area contributed by atoms with Crippen molar-refractivity contribution in [2.75, 3.05) is 12.9 Å². The molecule has 0 aliphatic carbocycles. The molecule has 0 aliphatic rings. The third-order valence-corrected chi connectivity index (χ3v) is 5.95. The Hall–Kier alpha value is -2.99. The van der Waals surface area contributed by atoms with Crippen LogP contribution in [0, 0.1) is 13.8 Å². The number of ketones is 1. The zero-order valence-electron chi connectivity index (χ0n) is 18.1. The molecule has 5 nitrogen and oxygen atoms in total. The van der Waals surface area contributed by atoms with Crippen LogP contribution in [0.1, 0.15) is 43.2 Å². The van der Waals surface area contributed by atoms with Crippen LogP contribution in [0.2, 0.25) is 0 Å². The number of hydrogen-bond donors (Lipinski definition) is 0. The first-order valence-electron chi connectivity index (χ1n) is 10.1. The molecular formula is C25H27NO4S. The number of aromatic nitrogens is 1. The number of nitrogens with zero attached hydrogens (tertiary/aromatic N) is 1. The Morgan fingerprint density at radius 2 is 1.68 bits per heavy atom. The minimum atomic E-state index is -0.999. The van der Waals surface area contributed by atoms with E-state index >= 15 is 0 Å². The monoisotopic (exact) mass is 437 g/mol. The average Bonchev–Trinajstić information content (AvgIpc) is 3.04. The molecule has 0 N–H and O–H groups in total. The summed E-state index contributed by atoms with van der Waals surface area (Å²) in [7, 11) is -0.999. The number of benzene rings is 2.